The minimum absolute atomic E-state index is 0.176. The molecule has 0 spiro atoms. The molecule has 0 amide bonds. The summed E-state index contributed by atoms with van der Waals surface area (Å²) in [5.41, 5.74) is 2.14. The fourth-order valence-corrected chi connectivity index (χ4v) is 3.45. The minimum Gasteiger partial charge on any atom is -0.366 e. The largest absolute Gasteiger partial charge is 0.366 e. The fourth-order valence-electron chi connectivity index (χ4n) is 2.58. The molecule has 0 saturated carbocycles. The molecule has 4 rings (SSSR count). The maximum absolute atomic E-state index is 5.77. The molecule has 6 nitrogen and oxygen atoms in total. The Morgan fingerprint density at radius 1 is 1.22 bits per heavy atom. The van der Waals surface area contributed by atoms with Crippen molar-refractivity contribution in [1.29, 1.82) is 0 Å². The summed E-state index contributed by atoms with van der Waals surface area (Å²) < 4.78 is 10.8. The van der Waals surface area contributed by atoms with Gasteiger partial charge in [0.15, 0.2) is 5.13 Å². The number of ether oxygens (including phenoxy) is 1. The molecule has 2 aromatic heterocycles. The molecular formula is C16H16N4O2S. The molecule has 0 aliphatic carbocycles. The lowest BCUT2D eigenvalue weighted by molar-refractivity contribution is 0.0326. The average molecular weight is 328 g/mol. The number of morpholine rings is 1. The molecule has 118 valence electrons. The third-order valence-corrected chi connectivity index (χ3v) is 4.63. The zero-order chi connectivity index (χ0) is 15.6. The van der Waals surface area contributed by atoms with Crippen LogP contribution in [-0.2, 0) is 4.74 Å². The van der Waals surface area contributed by atoms with Gasteiger partial charge in [-0.25, -0.2) is 4.98 Å². The topological polar surface area (TPSA) is 64.3 Å². The Bertz CT molecular complexity index is 786. The first-order valence-corrected chi connectivity index (χ1v) is 8.35. The number of anilines is 1. The molecule has 7 heteroatoms. The van der Waals surface area contributed by atoms with E-state index in [9.17, 15) is 0 Å². The molecule has 3 heterocycles. The lowest BCUT2D eigenvalue weighted by Crippen LogP contribution is -2.38. The second kappa shape index (κ2) is 6.10. The Morgan fingerprint density at radius 2 is 2.09 bits per heavy atom. The van der Waals surface area contributed by atoms with Crippen molar-refractivity contribution in [2.75, 3.05) is 24.6 Å². The van der Waals surface area contributed by atoms with Gasteiger partial charge < -0.3 is 14.2 Å². The van der Waals surface area contributed by atoms with Crippen molar-refractivity contribution in [2.24, 2.45) is 0 Å². The second-order valence-electron chi connectivity index (χ2n) is 5.36. The van der Waals surface area contributed by atoms with E-state index in [4.69, 9.17) is 14.2 Å². The first-order chi connectivity index (χ1) is 11.3. The Hall–Kier alpha value is -2.25. The Kier molecular flexibility index (Phi) is 3.80. The normalized spacial score (nSPS) is 18.3. The number of hydrogen-bond acceptors (Lipinski definition) is 7. The van der Waals surface area contributed by atoms with Crippen LogP contribution in [0.4, 0.5) is 5.13 Å². The lowest BCUT2D eigenvalue weighted by atomic mass is 10.2. The van der Waals surface area contributed by atoms with Crippen LogP contribution < -0.4 is 4.90 Å². The molecule has 3 aromatic rings. The van der Waals surface area contributed by atoms with Crippen molar-refractivity contribution in [3.8, 4) is 11.3 Å². The zero-order valence-corrected chi connectivity index (χ0v) is 13.5. The summed E-state index contributed by atoms with van der Waals surface area (Å²) in [6, 6.07) is 10.2. The second-order valence-corrected chi connectivity index (χ2v) is 6.19. The van der Waals surface area contributed by atoms with E-state index >= 15 is 0 Å². The van der Waals surface area contributed by atoms with Crippen LogP contribution in [0.2, 0.25) is 0 Å². The molecule has 1 aliphatic heterocycles. The SMILES string of the molecule is Cc1nc([C@@H]2CN(c3nc(-c4ccccc4)cs3)CCO2)no1. The predicted octanol–water partition coefficient (Wildman–Crippen LogP) is 3.08. The van der Waals surface area contributed by atoms with E-state index in [1.54, 1.807) is 18.3 Å². The van der Waals surface area contributed by atoms with E-state index in [0.717, 1.165) is 22.9 Å². The first-order valence-electron chi connectivity index (χ1n) is 7.47. The minimum atomic E-state index is -0.176. The summed E-state index contributed by atoms with van der Waals surface area (Å²) in [5, 5.41) is 7.05. The molecule has 1 saturated heterocycles. The van der Waals surface area contributed by atoms with Gasteiger partial charge in [-0.2, -0.15) is 4.98 Å². The Morgan fingerprint density at radius 3 is 2.87 bits per heavy atom. The van der Waals surface area contributed by atoms with Gasteiger partial charge in [0, 0.05) is 24.4 Å². The Labute approximate surface area is 137 Å². The van der Waals surface area contributed by atoms with Crippen molar-refractivity contribution in [3.63, 3.8) is 0 Å². The van der Waals surface area contributed by atoms with Crippen LogP contribution in [-0.4, -0.2) is 34.8 Å². The van der Waals surface area contributed by atoms with Gasteiger partial charge >= 0.3 is 0 Å². The smallest absolute Gasteiger partial charge is 0.223 e. The van der Waals surface area contributed by atoms with Crippen LogP contribution in [0.1, 0.15) is 17.8 Å². The van der Waals surface area contributed by atoms with Gasteiger partial charge in [-0.1, -0.05) is 35.5 Å². The molecule has 1 aliphatic rings. The molecule has 1 fully saturated rings. The third-order valence-electron chi connectivity index (χ3n) is 3.73. The van der Waals surface area contributed by atoms with Crippen molar-refractivity contribution in [2.45, 2.75) is 13.0 Å². The highest BCUT2D eigenvalue weighted by atomic mass is 32.1. The van der Waals surface area contributed by atoms with Crippen molar-refractivity contribution in [3.05, 3.63) is 47.4 Å². The molecule has 23 heavy (non-hydrogen) atoms. The van der Waals surface area contributed by atoms with Gasteiger partial charge in [0.2, 0.25) is 11.7 Å². The molecule has 0 unspecified atom stereocenters. The molecule has 0 radical (unpaired) electrons. The van der Waals surface area contributed by atoms with Crippen LogP contribution in [0.25, 0.3) is 11.3 Å². The van der Waals surface area contributed by atoms with Gasteiger partial charge in [-0.05, 0) is 0 Å². The van der Waals surface area contributed by atoms with Crippen LogP contribution in [0.3, 0.4) is 0 Å². The molecule has 1 atom stereocenters. The summed E-state index contributed by atoms with van der Waals surface area (Å²) in [4.78, 5) is 11.3. The summed E-state index contributed by atoms with van der Waals surface area (Å²) in [7, 11) is 0. The highest BCUT2D eigenvalue weighted by molar-refractivity contribution is 7.14. The monoisotopic (exact) mass is 328 g/mol. The van der Waals surface area contributed by atoms with E-state index in [1.165, 1.54) is 0 Å². The Balaban J connectivity index is 1.53. The summed E-state index contributed by atoms with van der Waals surface area (Å²) in [6.07, 6.45) is -0.176. The van der Waals surface area contributed by atoms with Crippen molar-refractivity contribution < 1.29 is 9.26 Å². The van der Waals surface area contributed by atoms with E-state index in [0.29, 0.717) is 24.9 Å². The van der Waals surface area contributed by atoms with Crippen LogP contribution in [0, 0.1) is 6.92 Å². The number of rotatable bonds is 3. The number of nitrogens with zero attached hydrogens (tertiary/aromatic N) is 4. The highest BCUT2D eigenvalue weighted by Gasteiger charge is 2.27. The highest BCUT2D eigenvalue weighted by Crippen LogP contribution is 2.30. The van der Waals surface area contributed by atoms with E-state index in [-0.39, 0.29) is 6.10 Å². The number of aromatic nitrogens is 3. The number of hydrogen-bond donors (Lipinski definition) is 0. The van der Waals surface area contributed by atoms with E-state index in [1.807, 2.05) is 18.2 Å². The van der Waals surface area contributed by atoms with E-state index in [2.05, 4.69) is 32.6 Å². The summed E-state index contributed by atoms with van der Waals surface area (Å²) >= 11 is 1.65. The third kappa shape index (κ3) is 2.97. The molecular weight excluding hydrogens is 312 g/mol. The van der Waals surface area contributed by atoms with E-state index < -0.39 is 0 Å². The number of aryl methyl sites for hydroxylation is 1. The lowest BCUT2D eigenvalue weighted by Gasteiger charge is -2.31. The number of benzene rings is 1. The van der Waals surface area contributed by atoms with Crippen molar-refractivity contribution in [1.82, 2.24) is 15.1 Å². The van der Waals surface area contributed by atoms with Crippen molar-refractivity contribution >= 4 is 16.5 Å². The molecule has 0 N–H and O–H groups in total. The zero-order valence-electron chi connectivity index (χ0n) is 12.7. The maximum atomic E-state index is 5.77. The van der Waals surface area contributed by atoms with Gasteiger partial charge in [-0.15, -0.1) is 11.3 Å². The maximum Gasteiger partial charge on any atom is 0.223 e. The van der Waals surface area contributed by atoms with Gasteiger partial charge in [0.05, 0.1) is 18.8 Å². The molecule has 0 bridgehead atoms. The average Bonchev–Trinajstić information content (AvgIpc) is 3.25. The van der Waals surface area contributed by atoms with Gasteiger partial charge in [-0.3, -0.25) is 0 Å². The van der Waals surface area contributed by atoms with Crippen LogP contribution >= 0.6 is 11.3 Å². The fraction of sp³-hybridized carbons (Fsp3) is 0.312. The van der Waals surface area contributed by atoms with Gasteiger partial charge in [0.25, 0.3) is 0 Å². The molecule has 1 aromatic carbocycles. The summed E-state index contributed by atoms with van der Waals surface area (Å²) in [6.45, 7) is 3.90. The van der Waals surface area contributed by atoms with Gasteiger partial charge in [0.1, 0.15) is 6.10 Å². The quantitative estimate of drug-likeness (QED) is 0.736. The predicted molar refractivity (Wildman–Crippen MR) is 87.5 cm³/mol. The standard InChI is InChI=1S/C16H16N4O2S/c1-11-17-15(19-22-11)14-9-20(7-8-21-14)16-18-13(10-23-16)12-5-3-2-4-6-12/h2-6,10,14H,7-9H2,1H3/t14-/m0/s1. The summed E-state index contributed by atoms with van der Waals surface area (Å²) in [5.74, 6) is 1.16. The van der Waals surface area contributed by atoms with Crippen LogP contribution in [0.15, 0.2) is 40.2 Å². The number of thiazole rings is 1. The first kappa shape index (κ1) is 14.3. The van der Waals surface area contributed by atoms with Crippen LogP contribution in [0.5, 0.6) is 0 Å².